The van der Waals surface area contributed by atoms with Crippen molar-refractivity contribution in [3.8, 4) is 0 Å². The number of aromatic nitrogens is 1. The molecule has 1 aliphatic rings. The molecular weight excluding hydrogens is 238 g/mol. The lowest BCUT2D eigenvalue weighted by molar-refractivity contribution is -0.120. The zero-order chi connectivity index (χ0) is 12.3. The highest BCUT2D eigenvalue weighted by Gasteiger charge is 2.23. The van der Waals surface area contributed by atoms with Crippen LogP contribution in [0.25, 0.3) is 0 Å². The Morgan fingerprint density at radius 1 is 1.47 bits per heavy atom. The fourth-order valence-electron chi connectivity index (χ4n) is 1.98. The van der Waals surface area contributed by atoms with Gasteiger partial charge in [-0.25, -0.2) is 4.98 Å². The van der Waals surface area contributed by atoms with E-state index in [-0.39, 0.29) is 11.9 Å². The number of halogens is 1. The number of likely N-dealkylation sites (tertiary alicyclic amines) is 1. The molecule has 1 aliphatic heterocycles. The Labute approximate surface area is 106 Å². The number of pyridine rings is 1. The van der Waals surface area contributed by atoms with Gasteiger partial charge in [0.1, 0.15) is 5.82 Å². The molecule has 4 nitrogen and oxygen atoms in total. The first-order valence-electron chi connectivity index (χ1n) is 5.83. The van der Waals surface area contributed by atoms with E-state index in [0.717, 1.165) is 13.1 Å². The second kappa shape index (κ2) is 5.47. The number of nitrogens with zero attached hydrogens (tertiary/aromatic N) is 2. The molecule has 1 amide bonds. The minimum atomic E-state index is -0.102. The minimum Gasteiger partial charge on any atom is -0.309 e. The Bertz CT molecular complexity index is 387. The van der Waals surface area contributed by atoms with Crippen molar-refractivity contribution in [2.45, 2.75) is 25.8 Å². The number of amides is 1. The molecular formula is C12H16ClN3O. The normalized spacial score (nSPS) is 18.0. The van der Waals surface area contributed by atoms with Crippen molar-refractivity contribution >= 4 is 23.3 Å². The summed E-state index contributed by atoms with van der Waals surface area (Å²) in [6.07, 6.45) is 3.88. The minimum absolute atomic E-state index is 0.0123. The summed E-state index contributed by atoms with van der Waals surface area (Å²) < 4.78 is 0. The number of anilines is 1. The van der Waals surface area contributed by atoms with Crippen LogP contribution in [0.4, 0.5) is 5.82 Å². The van der Waals surface area contributed by atoms with Crippen LogP contribution < -0.4 is 5.32 Å². The fourth-order valence-corrected chi connectivity index (χ4v) is 2.09. The lowest BCUT2D eigenvalue weighted by atomic mass is 10.3. The van der Waals surface area contributed by atoms with Crippen molar-refractivity contribution in [1.29, 1.82) is 0 Å². The summed E-state index contributed by atoms with van der Waals surface area (Å²) >= 11 is 5.73. The second-order valence-electron chi connectivity index (χ2n) is 4.27. The molecule has 1 fully saturated rings. The van der Waals surface area contributed by atoms with Gasteiger partial charge in [-0.2, -0.15) is 0 Å². The van der Waals surface area contributed by atoms with Gasteiger partial charge in [0, 0.05) is 6.20 Å². The van der Waals surface area contributed by atoms with E-state index >= 15 is 0 Å². The lowest BCUT2D eigenvalue weighted by Gasteiger charge is -2.22. The lowest BCUT2D eigenvalue weighted by Crippen LogP contribution is -2.40. The van der Waals surface area contributed by atoms with E-state index in [1.807, 2.05) is 6.92 Å². The number of hydrogen-bond donors (Lipinski definition) is 1. The Hall–Kier alpha value is -1.13. The smallest absolute Gasteiger partial charge is 0.242 e. The van der Waals surface area contributed by atoms with Crippen LogP contribution in [0.15, 0.2) is 18.3 Å². The molecule has 92 valence electrons. The standard InChI is InChI=1S/C12H16ClN3O/c1-9(16-6-2-3-7-16)12(17)15-11-5-4-10(13)8-14-11/h4-5,8-9H,2-3,6-7H2,1H3,(H,14,15,17)/t9-/m1/s1. The topological polar surface area (TPSA) is 45.2 Å². The molecule has 5 heteroatoms. The average molecular weight is 254 g/mol. The van der Waals surface area contributed by atoms with Crippen molar-refractivity contribution in [1.82, 2.24) is 9.88 Å². The molecule has 0 bridgehead atoms. The summed E-state index contributed by atoms with van der Waals surface area (Å²) in [5.41, 5.74) is 0. The molecule has 2 heterocycles. The van der Waals surface area contributed by atoms with Crippen LogP contribution in [-0.2, 0) is 4.79 Å². The number of carbonyl (C=O) groups excluding carboxylic acids is 1. The molecule has 0 aliphatic carbocycles. The predicted octanol–water partition coefficient (Wildman–Crippen LogP) is 2.16. The van der Waals surface area contributed by atoms with Gasteiger partial charge in [-0.3, -0.25) is 9.69 Å². The van der Waals surface area contributed by atoms with Crippen LogP contribution in [0, 0.1) is 0 Å². The van der Waals surface area contributed by atoms with Crippen LogP contribution in [0.2, 0.25) is 5.02 Å². The first kappa shape index (κ1) is 12.3. The maximum Gasteiger partial charge on any atom is 0.242 e. The van der Waals surface area contributed by atoms with Gasteiger partial charge >= 0.3 is 0 Å². The summed E-state index contributed by atoms with van der Waals surface area (Å²) in [4.78, 5) is 18.2. The molecule has 1 aromatic rings. The van der Waals surface area contributed by atoms with Gasteiger partial charge < -0.3 is 5.32 Å². The summed E-state index contributed by atoms with van der Waals surface area (Å²) in [6.45, 7) is 3.93. The van der Waals surface area contributed by atoms with Crippen molar-refractivity contribution in [3.05, 3.63) is 23.4 Å². The van der Waals surface area contributed by atoms with E-state index in [9.17, 15) is 4.79 Å². The van der Waals surface area contributed by atoms with E-state index < -0.39 is 0 Å². The van der Waals surface area contributed by atoms with Crippen LogP contribution >= 0.6 is 11.6 Å². The third-order valence-electron chi connectivity index (χ3n) is 3.05. The molecule has 0 spiro atoms. The molecule has 0 unspecified atom stereocenters. The van der Waals surface area contributed by atoms with Gasteiger partial charge in [-0.05, 0) is 45.0 Å². The molecule has 0 saturated carbocycles. The fraction of sp³-hybridized carbons (Fsp3) is 0.500. The molecule has 1 saturated heterocycles. The molecule has 0 radical (unpaired) electrons. The highest BCUT2D eigenvalue weighted by atomic mass is 35.5. The van der Waals surface area contributed by atoms with Crippen LogP contribution in [0.1, 0.15) is 19.8 Å². The highest BCUT2D eigenvalue weighted by Crippen LogP contribution is 2.14. The predicted molar refractivity (Wildman–Crippen MR) is 68.1 cm³/mol. The zero-order valence-corrected chi connectivity index (χ0v) is 10.6. The van der Waals surface area contributed by atoms with Gasteiger partial charge in [-0.1, -0.05) is 11.6 Å². The quantitative estimate of drug-likeness (QED) is 0.898. The Kier molecular flexibility index (Phi) is 3.97. The van der Waals surface area contributed by atoms with Gasteiger partial charge in [0.2, 0.25) is 5.91 Å². The van der Waals surface area contributed by atoms with Crippen molar-refractivity contribution in [2.75, 3.05) is 18.4 Å². The third kappa shape index (κ3) is 3.17. The number of hydrogen-bond acceptors (Lipinski definition) is 3. The largest absolute Gasteiger partial charge is 0.309 e. The molecule has 1 atom stereocenters. The van der Waals surface area contributed by atoms with E-state index in [4.69, 9.17) is 11.6 Å². The first-order chi connectivity index (χ1) is 8.16. The number of carbonyl (C=O) groups is 1. The molecule has 2 rings (SSSR count). The van der Waals surface area contributed by atoms with E-state index in [2.05, 4.69) is 15.2 Å². The van der Waals surface area contributed by atoms with Crippen molar-refractivity contribution < 1.29 is 4.79 Å². The molecule has 0 aromatic carbocycles. The maximum atomic E-state index is 12.0. The van der Waals surface area contributed by atoms with Crippen molar-refractivity contribution in [2.24, 2.45) is 0 Å². The average Bonchev–Trinajstić information content (AvgIpc) is 2.84. The van der Waals surface area contributed by atoms with Crippen LogP contribution in [-0.4, -0.2) is 34.9 Å². The zero-order valence-electron chi connectivity index (χ0n) is 9.82. The Balaban J connectivity index is 1.93. The summed E-state index contributed by atoms with van der Waals surface area (Å²) in [6, 6.07) is 3.32. The molecule has 1 aromatic heterocycles. The number of nitrogens with one attached hydrogen (secondary N) is 1. The maximum absolute atomic E-state index is 12.0. The number of rotatable bonds is 3. The van der Waals surface area contributed by atoms with E-state index in [1.54, 1.807) is 12.1 Å². The summed E-state index contributed by atoms with van der Waals surface area (Å²) in [5.74, 6) is 0.534. The van der Waals surface area contributed by atoms with Crippen LogP contribution in [0.3, 0.4) is 0 Å². The Morgan fingerprint density at radius 3 is 2.76 bits per heavy atom. The summed E-state index contributed by atoms with van der Waals surface area (Å²) in [7, 11) is 0. The van der Waals surface area contributed by atoms with Gasteiger partial charge in [0.05, 0.1) is 11.1 Å². The third-order valence-corrected chi connectivity index (χ3v) is 3.27. The highest BCUT2D eigenvalue weighted by molar-refractivity contribution is 6.30. The monoisotopic (exact) mass is 253 g/mol. The Morgan fingerprint density at radius 2 is 2.18 bits per heavy atom. The molecule has 17 heavy (non-hydrogen) atoms. The van der Waals surface area contributed by atoms with Gasteiger partial charge in [-0.15, -0.1) is 0 Å². The second-order valence-corrected chi connectivity index (χ2v) is 4.71. The van der Waals surface area contributed by atoms with Gasteiger partial charge in [0.25, 0.3) is 0 Å². The van der Waals surface area contributed by atoms with Gasteiger partial charge in [0.15, 0.2) is 0 Å². The summed E-state index contributed by atoms with van der Waals surface area (Å²) in [5, 5.41) is 3.36. The van der Waals surface area contributed by atoms with E-state index in [0.29, 0.717) is 10.8 Å². The SMILES string of the molecule is C[C@H](C(=O)Nc1ccc(Cl)cn1)N1CCCC1. The van der Waals surface area contributed by atoms with Crippen molar-refractivity contribution in [3.63, 3.8) is 0 Å². The van der Waals surface area contributed by atoms with Crippen LogP contribution in [0.5, 0.6) is 0 Å². The molecule has 1 N–H and O–H groups in total. The van der Waals surface area contributed by atoms with E-state index in [1.165, 1.54) is 19.0 Å². The first-order valence-corrected chi connectivity index (χ1v) is 6.21.